The van der Waals surface area contributed by atoms with Crippen LogP contribution in [0.1, 0.15) is 0 Å². The molecule has 0 saturated heterocycles. The van der Waals surface area contributed by atoms with E-state index >= 15 is 0 Å². The van der Waals surface area contributed by atoms with E-state index in [1.165, 1.54) is 0 Å². The molecule has 0 spiro atoms. The molecule has 2 N–H and O–H groups in total. The predicted molar refractivity (Wildman–Crippen MR) is 105 cm³/mol. The summed E-state index contributed by atoms with van der Waals surface area (Å²) < 4.78 is 2.07. The molecule has 4 nitrogen and oxygen atoms in total. The molecule has 0 aliphatic carbocycles. The lowest BCUT2D eigenvalue weighted by Gasteiger charge is -2.09. The highest BCUT2D eigenvalue weighted by Gasteiger charge is 2.18. The van der Waals surface area contributed by atoms with Crippen molar-refractivity contribution in [1.82, 2.24) is 14.5 Å². The van der Waals surface area contributed by atoms with Crippen molar-refractivity contribution in [2.45, 2.75) is 0 Å². The number of phenolic OH excluding ortho intramolecular Hbond substituents is 1. The Hall–Kier alpha value is -3.24. The van der Waals surface area contributed by atoms with Gasteiger partial charge in [0.05, 0.1) is 0 Å². The summed E-state index contributed by atoms with van der Waals surface area (Å²) in [5.74, 6) is 1.05. The van der Waals surface area contributed by atoms with Crippen LogP contribution < -0.4 is 0 Å². The second kappa shape index (κ2) is 5.64. The summed E-state index contributed by atoms with van der Waals surface area (Å²) in [6, 6.07) is 22.9. The molecule has 0 amide bonds. The minimum Gasteiger partial charge on any atom is -0.508 e. The Bertz CT molecular complexity index is 1230. The Balaban J connectivity index is 1.86. The minimum atomic E-state index is 0.231. The van der Waals surface area contributed by atoms with Crippen LogP contribution in [0.5, 0.6) is 5.75 Å². The lowest BCUT2D eigenvalue weighted by molar-refractivity contribution is 0.475. The number of para-hydroxylation sites is 1. The molecule has 126 valence electrons. The van der Waals surface area contributed by atoms with E-state index in [1.807, 2.05) is 54.6 Å². The standard InChI is InChI=1S/C21H14ClN3O/c22-14-7-5-13(6-8-14)20-24-19-17-3-1-2-4-18(17)23-21(19)25(20)15-9-11-16(26)12-10-15/h1-12,23,26H. The van der Waals surface area contributed by atoms with Gasteiger partial charge < -0.3 is 10.1 Å². The molecular formula is C21H14ClN3O. The van der Waals surface area contributed by atoms with E-state index in [1.54, 1.807) is 12.1 Å². The van der Waals surface area contributed by atoms with Crippen LogP contribution >= 0.6 is 11.6 Å². The SMILES string of the molecule is Oc1ccc(-n2c(-c3ccc(Cl)cc3)nc3c4ccccc4[nH]c32)cc1. The number of hydrogen-bond acceptors (Lipinski definition) is 2. The van der Waals surface area contributed by atoms with Crippen LogP contribution in [0, 0.1) is 0 Å². The van der Waals surface area contributed by atoms with Gasteiger partial charge in [-0.05, 0) is 54.6 Å². The van der Waals surface area contributed by atoms with E-state index in [0.29, 0.717) is 5.02 Å². The van der Waals surface area contributed by atoms with Gasteiger partial charge in [0.25, 0.3) is 0 Å². The number of nitrogens with one attached hydrogen (secondary N) is 1. The quantitative estimate of drug-likeness (QED) is 0.435. The van der Waals surface area contributed by atoms with E-state index in [0.717, 1.165) is 39.1 Å². The van der Waals surface area contributed by atoms with Crippen molar-refractivity contribution in [3.05, 3.63) is 77.8 Å². The van der Waals surface area contributed by atoms with Gasteiger partial charge in [0, 0.05) is 27.2 Å². The zero-order chi connectivity index (χ0) is 17.7. The number of aromatic amines is 1. The molecule has 26 heavy (non-hydrogen) atoms. The number of H-pyrrole nitrogens is 1. The van der Waals surface area contributed by atoms with Gasteiger partial charge in [-0.25, -0.2) is 4.98 Å². The second-order valence-corrected chi connectivity index (χ2v) is 6.60. The Labute approximate surface area is 154 Å². The molecule has 3 aromatic carbocycles. The molecule has 0 bridgehead atoms. The average Bonchev–Trinajstić information content (AvgIpc) is 3.19. The molecular weight excluding hydrogens is 346 g/mol. The first kappa shape index (κ1) is 15.0. The summed E-state index contributed by atoms with van der Waals surface area (Å²) in [5, 5.41) is 11.4. The van der Waals surface area contributed by atoms with E-state index in [4.69, 9.17) is 16.6 Å². The maximum atomic E-state index is 9.65. The third-order valence-corrected chi connectivity index (χ3v) is 4.77. The third kappa shape index (κ3) is 2.27. The topological polar surface area (TPSA) is 53.8 Å². The van der Waals surface area contributed by atoms with Gasteiger partial charge >= 0.3 is 0 Å². The number of halogens is 1. The molecule has 0 saturated carbocycles. The highest BCUT2D eigenvalue weighted by molar-refractivity contribution is 6.30. The fraction of sp³-hybridized carbons (Fsp3) is 0. The highest BCUT2D eigenvalue weighted by atomic mass is 35.5. The van der Waals surface area contributed by atoms with Gasteiger partial charge in [-0.15, -0.1) is 0 Å². The zero-order valence-electron chi connectivity index (χ0n) is 13.6. The minimum absolute atomic E-state index is 0.231. The van der Waals surface area contributed by atoms with Crippen molar-refractivity contribution < 1.29 is 5.11 Å². The van der Waals surface area contributed by atoms with Crippen LogP contribution in [0.15, 0.2) is 72.8 Å². The van der Waals surface area contributed by atoms with Crippen LogP contribution in [-0.4, -0.2) is 19.6 Å². The predicted octanol–water partition coefficient (Wildman–Crippen LogP) is 5.53. The van der Waals surface area contributed by atoms with Gasteiger partial charge in [0.1, 0.15) is 22.7 Å². The number of benzene rings is 3. The summed E-state index contributed by atoms with van der Waals surface area (Å²) >= 11 is 6.05. The average molecular weight is 360 g/mol. The monoisotopic (exact) mass is 359 g/mol. The largest absolute Gasteiger partial charge is 0.508 e. The molecule has 2 aromatic heterocycles. The van der Waals surface area contributed by atoms with Crippen molar-refractivity contribution in [3.63, 3.8) is 0 Å². The summed E-state index contributed by atoms with van der Waals surface area (Å²) in [6.07, 6.45) is 0. The van der Waals surface area contributed by atoms with E-state index in [-0.39, 0.29) is 5.75 Å². The van der Waals surface area contributed by atoms with Gasteiger partial charge in [-0.3, -0.25) is 4.57 Å². The maximum absolute atomic E-state index is 9.65. The van der Waals surface area contributed by atoms with Gasteiger partial charge in [-0.1, -0.05) is 29.8 Å². The molecule has 0 unspecified atom stereocenters. The summed E-state index contributed by atoms with van der Waals surface area (Å²) in [5.41, 5.74) is 4.76. The van der Waals surface area contributed by atoms with Crippen LogP contribution in [0.4, 0.5) is 0 Å². The van der Waals surface area contributed by atoms with Crippen LogP contribution in [0.25, 0.3) is 39.1 Å². The first-order valence-electron chi connectivity index (χ1n) is 8.25. The van der Waals surface area contributed by atoms with E-state index < -0.39 is 0 Å². The summed E-state index contributed by atoms with van der Waals surface area (Å²) in [4.78, 5) is 8.40. The van der Waals surface area contributed by atoms with Crippen molar-refractivity contribution in [1.29, 1.82) is 0 Å². The maximum Gasteiger partial charge on any atom is 0.146 e. The number of hydrogen-bond donors (Lipinski definition) is 2. The van der Waals surface area contributed by atoms with Crippen molar-refractivity contribution in [2.75, 3.05) is 0 Å². The van der Waals surface area contributed by atoms with Crippen LogP contribution in [0.2, 0.25) is 5.02 Å². The zero-order valence-corrected chi connectivity index (χ0v) is 14.4. The first-order chi connectivity index (χ1) is 12.7. The summed E-state index contributed by atoms with van der Waals surface area (Å²) in [7, 11) is 0. The second-order valence-electron chi connectivity index (χ2n) is 6.16. The number of nitrogens with zero attached hydrogens (tertiary/aromatic N) is 2. The third-order valence-electron chi connectivity index (χ3n) is 4.52. The number of phenols is 1. The Morgan fingerprint density at radius 3 is 2.38 bits per heavy atom. The summed E-state index contributed by atoms with van der Waals surface area (Å²) in [6.45, 7) is 0. The fourth-order valence-corrected chi connectivity index (χ4v) is 3.42. The number of aromatic nitrogens is 3. The fourth-order valence-electron chi connectivity index (χ4n) is 3.30. The van der Waals surface area contributed by atoms with Crippen LogP contribution in [-0.2, 0) is 0 Å². The number of imidazole rings is 1. The molecule has 0 radical (unpaired) electrons. The van der Waals surface area contributed by atoms with Crippen molar-refractivity contribution >= 4 is 33.7 Å². The van der Waals surface area contributed by atoms with Crippen LogP contribution in [0.3, 0.4) is 0 Å². The molecule has 0 fully saturated rings. The molecule has 5 aromatic rings. The van der Waals surface area contributed by atoms with E-state index in [9.17, 15) is 5.11 Å². The van der Waals surface area contributed by atoms with Crippen molar-refractivity contribution in [2.24, 2.45) is 0 Å². The Morgan fingerprint density at radius 2 is 1.62 bits per heavy atom. The smallest absolute Gasteiger partial charge is 0.146 e. The first-order valence-corrected chi connectivity index (χ1v) is 8.63. The highest BCUT2D eigenvalue weighted by Crippen LogP contribution is 2.33. The molecule has 0 aliphatic rings. The molecule has 5 heteroatoms. The lowest BCUT2D eigenvalue weighted by Crippen LogP contribution is -1.98. The Morgan fingerprint density at radius 1 is 0.885 bits per heavy atom. The number of rotatable bonds is 2. The molecule has 0 atom stereocenters. The van der Waals surface area contributed by atoms with E-state index in [2.05, 4.69) is 15.6 Å². The Kier molecular flexibility index (Phi) is 3.27. The van der Waals surface area contributed by atoms with Crippen molar-refractivity contribution in [3.8, 4) is 22.8 Å². The molecule has 0 aliphatic heterocycles. The van der Waals surface area contributed by atoms with Gasteiger partial charge in [-0.2, -0.15) is 0 Å². The molecule has 2 heterocycles. The normalized spacial score (nSPS) is 11.4. The number of aromatic hydroxyl groups is 1. The molecule has 5 rings (SSSR count). The van der Waals surface area contributed by atoms with Gasteiger partial charge in [0.15, 0.2) is 0 Å². The lowest BCUT2D eigenvalue weighted by atomic mass is 10.2. The number of fused-ring (bicyclic) bond motifs is 3. The van der Waals surface area contributed by atoms with Gasteiger partial charge in [0.2, 0.25) is 0 Å².